The van der Waals surface area contributed by atoms with Crippen LogP contribution in [0, 0.1) is 0 Å². The minimum absolute atomic E-state index is 0.739. The maximum absolute atomic E-state index is 4.73. The Kier molecular flexibility index (Phi) is 3.48. The number of nitrogens with zero attached hydrogens (tertiary/aromatic N) is 3. The molecule has 0 bridgehead atoms. The lowest BCUT2D eigenvalue weighted by atomic mass is 10.2. The number of pyridine rings is 2. The molecule has 0 saturated carbocycles. The molecule has 4 heteroatoms. The summed E-state index contributed by atoms with van der Waals surface area (Å²) in [6.07, 6.45) is 3.81. The maximum atomic E-state index is 4.73. The van der Waals surface area contributed by atoms with Gasteiger partial charge >= 0.3 is 0 Å². The quantitative estimate of drug-likeness (QED) is 0.619. The number of hydrogen-bond acceptors (Lipinski definition) is 3. The van der Waals surface area contributed by atoms with Gasteiger partial charge in [-0.2, -0.15) is 0 Å². The van der Waals surface area contributed by atoms with Gasteiger partial charge in [0, 0.05) is 18.9 Å². The zero-order chi connectivity index (χ0) is 15.5. The summed E-state index contributed by atoms with van der Waals surface area (Å²) in [5, 5.41) is 3.51. The Morgan fingerprint density at radius 2 is 1.70 bits per heavy atom. The van der Waals surface area contributed by atoms with Crippen LogP contribution < -0.4 is 5.32 Å². The fourth-order valence-corrected chi connectivity index (χ4v) is 2.63. The first kappa shape index (κ1) is 13.5. The van der Waals surface area contributed by atoms with Gasteiger partial charge in [-0.3, -0.25) is 9.38 Å². The molecule has 4 aromatic rings. The van der Waals surface area contributed by atoms with Gasteiger partial charge in [0.1, 0.15) is 17.2 Å². The second kappa shape index (κ2) is 5.93. The van der Waals surface area contributed by atoms with Gasteiger partial charge in [-0.1, -0.05) is 42.5 Å². The van der Waals surface area contributed by atoms with Crippen molar-refractivity contribution in [2.24, 2.45) is 0 Å². The van der Waals surface area contributed by atoms with Crippen LogP contribution in [-0.4, -0.2) is 14.4 Å². The molecule has 0 unspecified atom stereocenters. The molecule has 1 aromatic carbocycles. The molecule has 0 saturated heterocycles. The summed E-state index contributed by atoms with van der Waals surface area (Å²) in [5.74, 6) is 0.961. The number of nitrogens with one attached hydrogen (secondary N) is 1. The van der Waals surface area contributed by atoms with Gasteiger partial charge in [0.25, 0.3) is 0 Å². The van der Waals surface area contributed by atoms with Crippen LogP contribution in [0.2, 0.25) is 0 Å². The summed E-state index contributed by atoms with van der Waals surface area (Å²) in [5.41, 5.74) is 3.87. The Bertz CT molecular complexity index is 914. The van der Waals surface area contributed by atoms with E-state index in [1.807, 2.05) is 60.8 Å². The van der Waals surface area contributed by atoms with Gasteiger partial charge in [0.2, 0.25) is 0 Å². The number of hydrogen-bond donors (Lipinski definition) is 1. The van der Waals surface area contributed by atoms with Crippen molar-refractivity contribution in [1.29, 1.82) is 0 Å². The van der Waals surface area contributed by atoms with E-state index in [9.17, 15) is 0 Å². The van der Waals surface area contributed by atoms with Crippen molar-refractivity contribution in [2.45, 2.75) is 6.54 Å². The fraction of sp³-hybridized carbons (Fsp3) is 0.0526. The van der Waals surface area contributed by atoms with Crippen LogP contribution in [0.3, 0.4) is 0 Å². The summed E-state index contributed by atoms with van der Waals surface area (Å²) in [6.45, 7) is 0.739. The van der Waals surface area contributed by atoms with E-state index in [1.54, 1.807) is 6.20 Å². The molecule has 3 aromatic heterocycles. The predicted molar refractivity (Wildman–Crippen MR) is 92.2 cm³/mol. The van der Waals surface area contributed by atoms with Crippen molar-refractivity contribution in [3.8, 4) is 11.4 Å². The molecule has 0 atom stereocenters. The number of fused-ring (bicyclic) bond motifs is 1. The van der Waals surface area contributed by atoms with Gasteiger partial charge in [-0.25, -0.2) is 4.98 Å². The monoisotopic (exact) mass is 300 g/mol. The van der Waals surface area contributed by atoms with Gasteiger partial charge in [-0.05, 0) is 29.8 Å². The van der Waals surface area contributed by atoms with Crippen LogP contribution >= 0.6 is 0 Å². The first-order valence-corrected chi connectivity index (χ1v) is 7.58. The fourth-order valence-electron chi connectivity index (χ4n) is 2.63. The molecule has 0 aliphatic carbocycles. The SMILES string of the molecule is c1ccc(CNc2c(-c3ccccn3)nc3ccccn23)cc1. The molecule has 0 spiro atoms. The molecule has 4 nitrogen and oxygen atoms in total. The molecule has 0 aliphatic rings. The molecule has 23 heavy (non-hydrogen) atoms. The number of aromatic nitrogens is 3. The lowest BCUT2D eigenvalue weighted by Gasteiger charge is -2.08. The standard InChI is InChI=1S/C19H16N4/c1-2-8-15(9-3-1)14-21-19-18(16-10-4-6-12-20-16)22-17-11-5-7-13-23(17)19/h1-13,21H,14H2. The molecule has 112 valence electrons. The molecular formula is C19H16N4. The van der Waals surface area contributed by atoms with Crippen LogP contribution in [0.25, 0.3) is 17.0 Å². The molecule has 0 radical (unpaired) electrons. The highest BCUT2D eigenvalue weighted by Gasteiger charge is 2.14. The van der Waals surface area contributed by atoms with Gasteiger partial charge < -0.3 is 5.32 Å². The van der Waals surface area contributed by atoms with E-state index in [1.165, 1.54) is 5.56 Å². The molecule has 4 rings (SSSR count). The maximum Gasteiger partial charge on any atom is 0.140 e. The molecule has 1 N–H and O–H groups in total. The van der Waals surface area contributed by atoms with E-state index in [2.05, 4.69) is 26.8 Å². The number of imidazole rings is 1. The van der Waals surface area contributed by atoms with E-state index in [4.69, 9.17) is 4.98 Å². The second-order valence-corrected chi connectivity index (χ2v) is 5.29. The van der Waals surface area contributed by atoms with E-state index in [-0.39, 0.29) is 0 Å². The third-order valence-corrected chi connectivity index (χ3v) is 3.74. The summed E-state index contributed by atoms with van der Waals surface area (Å²) < 4.78 is 2.06. The predicted octanol–water partition coefficient (Wildman–Crippen LogP) is 4.01. The molecular weight excluding hydrogens is 284 g/mol. The molecule has 0 fully saturated rings. The lowest BCUT2D eigenvalue weighted by molar-refractivity contribution is 1.08. The van der Waals surface area contributed by atoms with Crippen LogP contribution in [0.4, 0.5) is 5.82 Å². The Morgan fingerprint density at radius 3 is 2.52 bits per heavy atom. The number of benzene rings is 1. The average Bonchev–Trinajstić information content (AvgIpc) is 3.00. The number of rotatable bonds is 4. The average molecular weight is 300 g/mol. The topological polar surface area (TPSA) is 42.2 Å². The van der Waals surface area contributed by atoms with Crippen LogP contribution in [-0.2, 0) is 6.54 Å². The van der Waals surface area contributed by atoms with Crippen molar-refractivity contribution < 1.29 is 0 Å². The molecule has 3 heterocycles. The minimum Gasteiger partial charge on any atom is -0.365 e. The summed E-state index contributed by atoms with van der Waals surface area (Å²) in [6, 6.07) is 22.2. The zero-order valence-corrected chi connectivity index (χ0v) is 12.6. The number of anilines is 1. The first-order valence-electron chi connectivity index (χ1n) is 7.58. The third kappa shape index (κ3) is 2.66. The minimum atomic E-state index is 0.739. The van der Waals surface area contributed by atoms with E-state index in [0.29, 0.717) is 0 Å². The van der Waals surface area contributed by atoms with Crippen molar-refractivity contribution >= 4 is 11.5 Å². The third-order valence-electron chi connectivity index (χ3n) is 3.74. The normalized spacial score (nSPS) is 10.8. The van der Waals surface area contributed by atoms with Crippen molar-refractivity contribution in [3.05, 3.63) is 84.7 Å². The Morgan fingerprint density at radius 1 is 0.870 bits per heavy atom. The van der Waals surface area contributed by atoms with Gasteiger partial charge in [0.05, 0.1) is 5.69 Å². The summed E-state index contributed by atoms with van der Waals surface area (Å²) >= 11 is 0. The Labute approximate surface area is 134 Å². The highest BCUT2D eigenvalue weighted by molar-refractivity contribution is 5.74. The van der Waals surface area contributed by atoms with Gasteiger partial charge in [-0.15, -0.1) is 0 Å². The van der Waals surface area contributed by atoms with E-state index < -0.39 is 0 Å². The van der Waals surface area contributed by atoms with Crippen molar-refractivity contribution in [3.63, 3.8) is 0 Å². The Balaban J connectivity index is 1.77. The Hall–Kier alpha value is -3.14. The summed E-state index contributed by atoms with van der Waals surface area (Å²) in [7, 11) is 0. The lowest BCUT2D eigenvalue weighted by Crippen LogP contribution is -2.03. The van der Waals surface area contributed by atoms with Crippen molar-refractivity contribution in [2.75, 3.05) is 5.32 Å². The smallest absolute Gasteiger partial charge is 0.140 e. The highest BCUT2D eigenvalue weighted by Crippen LogP contribution is 2.27. The largest absolute Gasteiger partial charge is 0.365 e. The molecule has 0 amide bonds. The molecule has 0 aliphatic heterocycles. The van der Waals surface area contributed by atoms with E-state index >= 15 is 0 Å². The van der Waals surface area contributed by atoms with Gasteiger partial charge in [0.15, 0.2) is 0 Å². The van der Waals surface area contributed by atoms with E-state index in [0.717, 1.165) is 29.4 Å². The van der Waals surface area contributed by atoms with Crippen LogP contribution in [0.1, 0.15) is 5.56 Å². The zero-order valence-electron chi connectivity index (χ0n) is 12.6. The van der Waals surface area contributed by atoms with Crippen LogP contribution in [0.5, 0.6) is 0 Å². The second-order valence-electron chi connectivity index (χ2n) is 5.29. The first-order chi connectivity index (χ1) is 11.4. The van der Waals surface area contributed by atoms with Crippen LogP contribution in [0.15, 0.2) is 79.1 Å². The summed E-state index contributed by atoms with van der Waals surface area (Å²) in [4.78, 5) is 9.18. The highest BCUT2D eigenvalue weighted by atomic mass is 15.1. The van der Waals surface area contributed by atoms with Crippen molar-refractivity contribution in [1.82, 2.24) is 14.4 Å².